The van der Waals surface area contributed by atoms with Crippen molar-refractivity contribution in [1.82, 2.24) is 25.3 Å². The van der Waals surface area contributed by atoms with Crippen LogP contribution in [0.15, 0.2) is 42.9 Å². The van der Waals surface area contributed by atoms with Crippen molar-refractivity contribution in [3.63, 3.8) is 0 Å². The van der Waals surface area contributed by atoms with Gasteiger partial charge in [0.25, 0.3) is 0 Å². The summed E-state index contributed by atoms with van der Waals surface area (Å²) in [6.07, 6.45) is 5.62. The number of aromatic nitrogens is 4. The van der Waals surface area contributed by atoms with E-state index in [9.17, 15) is 4.79 Å². The Hall–Kier alpha value is -3.63. The Labute approximate surface area is 194 Å². The van der Waals surface area contributed by atoms with Gasteiger partial charge < -0.3 is 15.2 Å². The molecule has 4 aromatic rings. The molecule has 0 spiro atoms. The van der Waals surface area contributed by atoms with E-state index in [1.165, 1.54) is 11.3 Å². The Morgan fingerprint density at radius 2 is 1.94 bits per heavy atom. The second-order valence-electron chi connectivity index (χ2n) is 7.28. The smallest absolute Gasteiger partial charge is 0.321 e. The standard InChI is InChI=1S/C23H24N6O3S/c1-3-24-22(31)29-23-28-18-8-16(17-11-26-20(6-7-30)27-12-17)9-19(21(18)33-23)32-13-15-5-4-14(2)25-10-15/h4-5,8-12,30H,3,6-7,13H2,1-2H3,(H2,24,28,29,31). The molecule has 33 heavy (non-hydrogen) atoms. The summed E-state index contributed by atoms with van der Waals surface area (Å²) in [4.78, 5) is 29.5. The van der Waals surface area contributed by atoms with E-state index in [4.69, 9.17) is 9.84 Å². The van der Waals surface area contributed by atoms with Gasteiger partial charge in [-0.3, -0.25) is 10.3 Å². The van der Waals surface area contributed by atoms with Crippen LogP contribution in [0, 0.1) is 6.92 Å². The summed E-state index contributed by atoms with van der Waals surface area (Å²) in [5, 5.41) is 15.0. The highest BCUT2D eigenvalue weighted by Crippen LogP contribution is 2.38. The Balaban J connectivity index is 1.68. The number of rotatable bonds is 8. The van der Waals surface area contributed by atoms with Crippen LogP contribution >= 0.6 is 11.3 Å². The number of ether oxygens (including phenoxy) is 1. The molecule has 2 amide bonds. The summed E-state index contributed by atoms with van der Waals surface area (Å²) in [6, 6.07) is 7.45. The topological polar surface area (TPSA) is 122 Å². The quantitative estimate of drug-likeness (QED) is 0.363. The first kappa shape index (κ1) is 22.6. The fourth-order valence-electron chi connectivity index (χ4n) is 3.11. The maximum atomic E-state index is 12.0. The number of benzene rings is 1. The van der Waals surface area contributed by atoms with Crippen LogP contribution in [0.4, 0.5) is 9.93 Å². The summed E-state index contributed by atoms with van der Waals surface area (Å²) in [7, 11) is 0. The van der Waals surface area contributed by atoms with Gasteiger partial charge in [-0.1, -0.05) is 17.4 Å². The lowest BCUT2D eigenvalue weighted by Crippen LogP contribution is -2.28. The summed E-state index contributed by atoms with van der Waals surface area (Å²) < 4.78 is 6.99. The monoisotopic (exact) mass is 464 g/mol. The van der Waals surface area contributed by atoms with E-state index in [2.05, 4.69) is 30.6 Å². The van der Waals surface area contributed by atoms with Gasteiger partial charge in [0.2, 0.25) is 0 Å². The van der Waals surface area contributed by atoms with Gasteiger partial charge in [0.05, 0.1) is 16.8 Å². The summed E-state index contributed by atoms with van der Waals surface area (Å²) in [6.45, 7) is 4.65. The minimum absolute atomic E-state index is 0.00261. The van der Waals surface area contributed by atoms with Crippen molar-refractivity contribution < 1.29 is 14.6 Å². The van der Waals surface area contributed by atoms with Crippen molar-refractivity contribution in [2.75, 3.05) is 18.5 Å². The highest BCUT2D eigenvalue weighted by molar-refractivity contribution is 7.22. The molecule has 3 N–H and O–H groups in total. The molecular weight excluding hydrogens is 440 g/mol. The van der Waals surface area contributed by atoms with E-state index < -0.39 is 0 Å². The minimum Gasteiger partial charge on any atom is -0.487 e. The molecule has 1 aromatic carbocycles. The number of carbonyl (C=O) groups excluding carboxylic acids is 1. The van der Waals surface area contributed by atoms with Crippen molar-refractivity contribution in [2.45, 2.75) is 26.9 Å². The Morgan fingerprint density at radius 3 is 2.64 bits per heavy atom. The number of aliphatic hydroxyl groups is 1. The lowest BCUT2D eigenvalue weighted by Gasteiger charge is -2.10. The summed E-state index contributed by atoms with van der Waals surface area (Å²) >= 11 is 1.35. The number of urea groups is 1. The van der Waals surface area contributed by atoms with Crippen LogP contribution in [0.2, 0.25) is 0 Å². The predicted molar refractivity (Wildman–Crippen MR) is 127 cm³/mol. The van der Waals surface area contributed by atoms with Gasteiger partial charge in [-0.05, 0) is 37.6 Å². The molecule has 0 bridgehead atoms. The van der Waals surface area contributed by atoms with Crippen LogP contribution in [-0.2, 0) is 13.0 Å². The SMILES string of the molecule is CCNC(=O)Nc1nc2cc(-c3cnc(CCO)nc3)cc(OCc3ccc(C)nc3)c2s1. The van der Waals surface area contributed by atoms with E-state index in [1.807, 2.05) is 38.1 Å². The molecule has 0 unspecified atom stereocenters. The molecule has 3 heterocycles. The van der Waals surface area contributed by atoms with Gasteiger partial charge in [-0.2, -0.15) is 0 Å². The van der Waals surface area contributed by atoms with Crippen molar-refractivity contribution >= 4 is 32.7 Å². The number of anilines is 1. The predicted octanol–water partition coefficient (Wildman–Crippen LogP) is 3.71. The second-order valence-corrected chi connectivity index (χ2v) is 8.28. The fraction of sp³-hybridized carbons (Fsp3) is 0.261. The lowest BCUT2D eigenvalue weighted by molar-refractivity contribution is 0.252. The zero-order valence-electron chi connectivity index (χ0n) is 18.3. The van der Waals surface area contributed by atoms with E-state index in [1.54, 1.807) is 18.6 Å². The molecule has 0 aliphatic heterocycles. The fourth-order valence-corrected chi connectivity index (χ4v) is 4.02. The average Bonchev–Trinajstić information content (AvgIpc) is 3.21. The molecule has 0 radical (unpaired) electrons. The second kappa shape index (κ2) is 10.3. The molecule has 0 saturated heterocycles. The van der Waals surface area contributed by atoms with E-state index in [0.717, 1.165) is 27.1 Å². The third kappa shape index (κ3) is 5.60. The lowest BCUT2D eigenvalue weighted by atomic mass is 10.1. The Bertz CT molecular complexity index is 1240. The first-order valence-corrected chi connectivity index (χ1v) is 11.3. The summed E-state index contributed by atoms with van der Waals surface area (Å²) in [5.74, 6) is 1.22. The molecule has 0 fully saturated rings. The van der Waals surface area contributed by atoms with Gasteiger partial charge in [0.1, 0.15) is 18.2 Å². The molecule has 170 valence electrons. The molecule has 0 saturated carbocycles. The normalized spacial score (nSPS) is 10.9. The maximum absolute atomic E-state index is 12.0. The van der Waals surface area contributed by atoms with Crippen molar-refractivity contribution in [1.29, 1.82) is 0 Å². The summed E-state index contributed by atoms with van der Waals surface area (Å²) in [5.41, 5.74) is 4.22. The third-order valence-corrected chi connectivity index (χ3v) is 5.76. The van der Waals surface area contributed by atoms with E-state index in [-0.39, 0.29) is 12.6 Å². The van der Waals surface area contributed by atoms with Gasteiger partial charge in [-0.15, -0.1) is 0 Å². The number of hydrogen-bond donors (Lipinski definition) is 3. The van der Waals surface area contributed by atoms with Gasteiger partial charge in [-0.25, -0.2) is 19.7 Å². The number of carbonyl (C=O) groups is 1. The van der Waals surface area contributed by atoms with Crippen LogP contribution in [0.1, 0.15) is 24.0 Å². The zero-order valence-corrected chi connectivity index (χ0v) is 19.1. The van der Waals surface area contributed by atoms with E-state index in [0.29, 0.717) is 41.8 Å². The van der Waals surface area contributed by atoms with Gasteiger partial charge >= 0.3 is 6.03 Å². The van der Waals surface area contributed by atoms with Crippen molar-refractivity contribution in [3.8, 4) is 16.9 Å². The maximum Gasteiger partial charge on any atom is 0.321 e. The van der Waals surface area contributed by atoms with Crippen molar-refractivity contribution in [3.05, 3.63) is 59.9 Å². The van der Waals surface area contributed by atoms with Crippen molar-refractivity contribution in [2.24, 2.45) is 0 Å². The average molecular weight is 465 g/mol. The number of aliphatic hydroxyl groups excluding tert-OH is 1. The molecule has 3 aromatic heterocycles. The van der Waals surface area contributed by atoms with Gasteiger partial charge in [0, 0.05) is 48.4 Å². The number of nitrogens with one attached hydrogen (secondary N) is 2. The van der Waals surface area contributed by atoms with E-state index >= 15 is 0 Å². The molecule has 0 aliphatic rings. The number of amides is 2. The molecule has 0 aliphatic carbocycles. The largest absolute Gasteiger partial charge is 0.487 e. The van der Waals surface area contributed by atoms with Crippen LogP contribution in [0.25, 0.3) is 21.3 Å². The minimum atomic E-state index is -0.308. The molecule has 9 nitrogen and oxygen atoms in total. The number of thiazole rings is 1. The number of fused-ring (bicyclic) bond motifs is 1. The van der Waals surface area contributed by atoms with Crippen LogP contribution in [-0.4, -0.2) is 44.2 Å². The number of aryl methyl sites for hydroxylation is 1. The van der Waals surface area contributed by atoms with Crippen LogP contribution in [0.3, 0.4) is 0 Å². The van der Waals surface area contributed by atoms with Crippen LogP contribution in [0.5, 0.6) is 5.75 Å². The number of nitrogens with zero attached hydrogens (tertiary/aromatic N) is 4. The highest BCUT2D eigenvalue weighted by atomic mass is 32.1. The molecule has 10 heteroatoms. The number of hydrogen-bond acceptors (Lipinski definition) is 8. The molecule has 0 atom stereocenters. The third-order valence-electron chi connectivity index (χ3n) is 4.75. The van der Waals surface area contributed by atoms with Crippen LogP contribution < -0.4 is 15.4 Å². The first-order valence-electron chi connectivity index (χ1n) is 10.5. The first-order chi connectivity index (χ1) is 16.1. The Morgan fingerprint density at radius 1 is 1.12 bits per heavy atom. The Kier molecular flexibility index (Phi) is 7.06. The zero-order chi connectivity index (χ0) is 23.2. The molecule has 4 rings (SSSR count). The molecular formula is C23H24N6O3S. The number of pyridine rings is 1. The van der Waals surface area contributed by atoms with Gasteiger partial charge in [0.15, 0.2) is 5.13 Å². The highest BCUT2D eigenvalue weighted by Gasteiger charge is 2.15.